The summed E-state index contributed by atoms with van der Waals surface area (Å²) in [4.78, 5) is 24.1. The minimum Gasteiger partial charge on any atom is -0.294 e. The zero-order valence-electron chi connectivity index (χ0n) is 11.6. The Balaban J connectivity index is 2.74. The first kappa shape index (κ1) is 13.9. The Hall–Kier alpha value is -2.48. The third kappa shape index (κ3) is 2.91. The first-order chi connectivity index (χ1) is 9.61. The fourth-order valence-corrected chi connectivity index (χ4v) is 2.26. The van der Waals surface area contributed by atoms with Gasteiger partial charge in [0.15, 0.2) is 11.6 Å². The van der Waals surface area contributed by atoms with Crippen molar-refractivity contribution in [2.75, 3.05) is 0 Å². The topological polar surface area (TPSA) is 34.1 Å². The molecule has 0 aliphatic rings. The molecule has 2 heteroatoms. The molecule has 2 aromatic carbocycles. The van der Waals surface area contributed by atoms with Gasteiger partial charge in [-0.15, -0.1) is 0 Å². The molecule has 0 aliphatic heterocycles. The number of carbonyl (C=O) groups excluding carboxylic acids is 2. The van der Waals surface area contributed by atoms with E-state index in [0.29, 0.717) is 11.1 Å². The van der Waals surface area contributed by atoms with Crippen LogP contribution in [-0.2, 0) is 9.59 Å². The third-order valence-corrected chi connectivity index (χ3v) is 3.08. The average molecular weight is 264 g/mol. The van der Waals surface area contributed by atoms with Crippen molar-refractivity contribution in [3.63, 3.8) is 0 Å². The smallest absolute Gasteiger partial charge is 0.161 e. The molecule has 0 N–H and O–H groups in total. The molecule has 0 atom stereocenters. The van der Waals surface area contributed by atoms with E-state index in [4.69, 9.17) is 0 Å². The molecule has 0 bridgehead atoms. The second-order valence-electron chi connectivity index (χ2n) is 4.59. The highest BCUT2D eigenvalue weighted by Gasteiger charge is 2.18. The molecule has 0 aromatic heterocycles. The molecule has 100 valence electrons. The zero-order chi connectivity index (χ0) is 14.5. The van der Waals surface area contributed by atoms with Crippen LogP contribution < -0.4 is 0 Å². The van der Waals surface area contributed by atoms with Crippen LogP contribution >= 0.6 is 0 Å². The molecule has 2 aromatic rings. The number of ketones is 2. The Kier molecular flexibility index (Phi) is 4.26. The minimum atomic E-state index is -0.106. The van der Waals surface area contributed by atoms with Crippen LogP contribution in [0.3, 0.4) is 0 Å². The Labute approximate surface area is 118 Å². The zero-order valence-corrected chi connectivity index (χ0v) is 11.6. The molecule has 0 spiro atoms. The van der Waals surface area contributed by atoms with Gasteiger partial charge in [0.2, 0.25) is 0 Å². The minimum absolute atomic E-state index is 0.106. The van der Waals surface area contributed by atoms with E-state index in [2.05, 4.69) is 0 Å². The van der Waals surface area contributed by atoms with Crippen LogP contribution in [0.4, 0.5) is 0 Å². The molecule has 0 fully saturated rings. The number of allylic oxidation sites excluding steroid dienone is 2. The van der Waals surface area contributed by atoms with Crippen LogP contribution in [0, 0.1) is 0 Å². The summed E-state index contributed by atoms with van der Waals surface area (Å²) in [5.74, 6) is -0.212. The molecule has 0 saturated carbocycles. The second-order valence-corrected chi connectivity index (χ2v) is 4.59. The maximum atomic E-state index is 12.1. The lowest BCUT2D eigenvalue weighted by Crippen LogP contribution is -2.06. The van der Waals surface area contributed by atoms with Gasteiger partial charge in [-0.3, -0.25) is 9.59 Å². The molecule has 20 heavy (non-hydrogen) atoms. The molecule has 0 amide bonds. The van der Waals surface area contributed by atoms with Crippen LogP contribution in [0.15, 0.2) is 60.7 Å². The molecule has 0 aliphatic carbocycles. The van der Waals surface area contributed by atoms with Crippen LogP contribution in [0.25, 0.3) is 11.1 Å². The monoisotopic (exact) mass is 264 g/mol. The average Bonchev–Trinajstić information content (AvgIpc) is 2.45. The summed E-state index contributed by atoms with van der Waals surface area (Å²) in [6.45, 7) is 2.99. The number of hydrogen-bond acceptors (Lipinski definition) is 2. The van der Waals surface area contributed by atoms with E-state index in [1.165, 1.54) is 13.8 Å². The van der Waals surface area contributed by atoms with Gasteiger partial charge in [0.25, 0.3) is 0 Å². The lowest BCUT2D eigenvalue weighted by molar-refractivity contribution is -0.113. The molecular formula is C18H16O2. The fourth-order valence-electron chi connectivity index (χ4n) is 2.26. The van der Waals surface area contributed by atoms with Crippen LogP contribution in [0.1, 0.15) is 25.0 Å². The highest BCUT2D eigenvalue weighted by molar-refractivity contribution is 6.39. The number of hydrogen-bond donors (Lipinski definition) is 0. The standard InChI is InChI=1S/C18H16O2/c1-13(19)17(15-9-5-3-6-10-15)18(14(2)20)16-11-7-4-8-12-16/h3-12H,1-2H3/b18-17+. The van der Waals surface area contributed by atoms with Crippen molar-refractivity contribution in [1.29, 1.82) is 0 Å². The van der Waals surface area contributed by atoms with Crippen molar-refractivity contribution in [2.24, 2.45) is 0 Å². The first-order valence-electron chi connectivity index (χ1n) is 6.48. The SMILES string of the molecule is CC(=O)/C(=C(/C(C)=O)c1ccccc1)c1ccccc1. The highest BCUT2D eigenvalue weighted by atomic mass is 16.1. The number of benzene rings is 2. The van der Waals surface area contributed by atoms with Crippen LogP contribution in [0.2, 0.25) is 0 Å². The van der Waals surface area contributed by atoms with Crippen molar-refractivity contribution < 1.29 is 9.59 Å². The highest BCUT2D eigenvalue weighted by Crippen LogP contribution is 2.27. The van der Waals surface area contributed by atoms with Crippen molar-refractivity contribution in [1.82, 2.24) is 0 Å². The van der Waals surface area contributed by atoms with E-state index in [9.17, 15) is 9.59 Å². The molecular weight excluding hydrogens is 248 g/mol. The lowest BCUT2D eigenvalue weighted by atomic mass is 9.90. The second kappa shape index (κ2) is 6.11. The van der Waals surface area contributed by atoms with Gasteiger partial charge in [0.05, 0.1) is 0 Å². The Morgan fingerprint density at radius 2 is 0.900 bits per heavy atom. The van der Waals surface area contributed by atoms with Crippen molar-refractivity contribution >= 4 is 22.7 Å². The van der Waals surface area contributed by atoms with E-state index >= 15 is 0 Å². The van der Waals surface area contributed by atoms with Gasteiger partial charge in [0.1, 0.15) is 0 Å². The van der Waals surface area contributed by atoms with Crippen molar-refractivity contribution in [3.8, 4) is 0 Å². The van der Waals surface area contributed by atoms with Crippen LogP contribution in [-0.4, -0.2) is 11.6 Å². The van der Waals surface area contributed by atoms with Crippen molar-refractivity contribution in [3.05, 3.63) is 71.8 Å². The largest absolute Gasteiger partial charge is 0.294 e. The quantitative estimate of drug-likeness (QED) is 0.622. The number of Topliss-reactive ketones (excluding diaryl/α,β-unsaturated/α-hetero) is 2. The first-order valence-corrected chi connectivity index (χ1v) is 6.48. The maximum Gasteiger partial charge on any atom is 0.161 e. The predicted octanol–water partition coefficient (Wildman–Crippen LogP) is 3.78. The van der Waals surface area contributed by atoms with Gasteiger partial charge in [-0.2, -0.15) is 0 Å². The van der Waals surface area contributed by atoms with E-state index in [1.807, 2.05) is 60.7 Å². The van der Waals surface area contributed by atoms with E-state index in [0.717, 1.165) is 11.1 Å². The number of rotatable bonds is 4. The lowest BCUT2D eigenvalue weighted by Gasteiger charge is -2.12. The van der Waals surface area contributed by atoms with Gasteiger partial charge in [0, 0.05) is 11.1 Å². The molecule has 0 radical (unpaired) electrons. The van der Waals surface area contributed by atoms with E-state index in [-0.39, 0.29) is 11.6 Å². The summed E-state index contributed by atoms with van der Waals surface area (Å²) in [6.07, 6.45) is 0. The maximum absolute atomic E-state index is 12.1. The number of carbonyl (C=O) groups is 2. The Morgan fingerprint density at radius 3 is 1.15 bits per heavy atom. The van der Waals surface area contributed by atoms with E-state index in [1.54, 1.807) is 0 Å². The summed E-state index contributed by atoms with van der Waals surface area (Å²) in [5, 5.41) is 0. The fraction of sp³-hybridized carbons (Fsp3) is 0.111. The summed E-state index contributed by atoms with van der Waals surface area (Å²) < 4.78 is 0. The Morgan fingerprint density at radius 1 is 0.600 bits per heavy atom. The molecule has 2 nitrogen and oxygen atoms in total. The molecule has 0 heterocycles. The predicted molar refractivity (Wildman–Crippen MR) is 81.1 cm³/mol. The Bertz CT molecular complexity index is 593. The van der Waals surface area contributed by atoms with Gasteiger partial charge in [-0.1, -0.05) is 60.7 Å². The third-order valence-electron chi connectivity index (χ3n) is 3.08. The van der Waals surface area contributed by atoms with Crippen LogP contribution in [0.5, 0.6) is 0 Å². The summed E-state index contributed by atoms with van der Waals surface area (Å²) in [5.41, 5.74) is 2.50. The molecule has 0 unspecified atom stereocenters. The summed E-state index contributed by atoms with van der Waals surface area (Å²) in [6, 6.07) is 18.6. The van der Waals surface area contributed by atoms with Gasteiger partial charge >= 0.3 is 0 Å². The van der Waals surface area contributed by atoms with Crippen molar-refractivity contribution in [2.45, 2.75) is 13.8 Å². The normalized spacial score (nSPS) is 11.7. The molecule has 2 rings (SSSR count). The summed E-state index contributed by atoms with van der Waals surface area (Å²) >= 11 is 0. The van der Waals surface area contributed by atoms with E-state index < -0.39 is 0 Å². The summed E-state index contributed by atoms with van der Waals surface area (Å²) in [7, 11) is 0. The molecule has 0 saturated heterocycles. The van der Waals surface area contributed by atoms with Gasteiger partial charge in [-0.05, 0) is 25.0 Å². The van der Waals surface area contributed by atoms with Gasteiger partial charge < -0.3 is 0 Å². The van der Waals surface area contributed by atoms with Gasteiger partial charge in [-0.25, -0.2) is 0 Å².